The van der Waals surface area contributed by atoms with Crippen molar-refractivity contribution in [3.05, 3.63) is 0 Å². The number of carboxylic acids is 1. The highest BCUT2D eigenvalue weighted by Crippen LogP contribution is 2.20. The normalized spacial score (nSPS) is 27.2. The van der Waals surface area contributed by atoms with Gasteiger partial charge in [-0.2, -0.15) is 0 Å². The zero-order valence-electron chi connectivity index (χ0n) is 11.1. The fraction of sp³-hybridized carbons (Fsp3) is 0.929. The Kier molecular flexibility index (Phi) is 5.45. The molecule has 1 saturated heterocycles. The molecule has 4 heteroatoms. The minimum atomic E-state index is -0.679. The smallest absolute Gasteiger partial charge is 0.320 e. The molecule has 1 saturated carbocycles. The summed E-state index contributed by atoms with van der Waals surface area (Å²) in [5.41, 5.74) is 0. The lowest BCUT2D eigenvalue weighted by molar-refractivity contribution is -0.142. The van der Waals surface area contributed by atoms with Crippen molar-refractivity contribution in [2.45, 2.75) is 63.5 Å². The Labute approximate surface area is 109 Å². The first-order valence-electron chi connectivity index (χ1n) is 7.36. The summed E-state index contributed by atoms with van der Waals surface area (Å²) in [5, 5.41) is 9.09. The van der Waals surface area contributed by atoms with Gasteiger partial charge in [0.15, 0.2) is 0 Å². The summed E-state index contributed by atoms with van der Waals surface area (Å²) >= 11 is 0. The van der Waals surface area contributed by atoms with Crippen molar-refractivity contribution in [3.8, 4) is 0 Å². The van der Waals surface area contributed by atoms with Crippen LogP contribution in [0.2, 0.25) is 0 Å². The highest BCUT2D eigenvalue weighted by Gasteiger charge is 2.30. The number of ether oxygens (including phenoxy) is 1. The van der Waals surface area contributed by atoms with Crippen LogP contribution in [0.15, 0.2) is 0 Å². The van der Waals surface area contributed by atoms with Crippen molar-refractivity contribution in [1.82, 2.24) is 4.90 Å². The number of nitrogens with zero attached hydrogens (tertiary/aromatic N) is 1. The van der Waals surface area contributed by atoms with Crippen molar-refractivity contribution in [2.24, 2.45) is 0 Å². The molecule has 1 heterocycles. The van der Waals surface area contributed by atoms with Gasteiger partial charge in [-0.3, -0.25) is 9.69 Å². The Balaban J connectivity index is 1.66. The van der Waals surface area contributed by atoms with Crippen LogP contribution in [0.5, 0.6) is 0 Å². The highest BCUT2D eigenvalue weighted by atomic mass is 16.5. The van der Waals surface area contributed by atoms with E-state index in [-0.39, 0.29) is 6.04 Å². The Morgan fingerprint density at radius 2 is 1.83 bits per heavy atom. The second-order valence-corrected chi connectivity index (χ2v) is 5.52. The molecule has 0 aromatic carbocycles. The minimum Gasteiger partial charge on any atom is -0.480 e. The molecule has 1 aliphatic heterocycles. The molecule has 0 spiro atoms. The van der Waals surface area contributed by atoms with Gasteiger partial charge in [-0.25, -0.2) is 0 Å². The van der Waals surface area contributed by atoms with Crippen LogP contribution >= 0.6 is 0 Å². The summed E-state index contributed by atoms with van der Waals surface area (Å²) in [7, 11) is 0. The van der Waals surface area contributed by atoms with Gasteiger partial charge in [0.05, 0.1) is 12.7 Å². The first kappa shape index (κ1) is 13.8. The third kappa shape index (κ3) is 3.95. The summed E-state index contributed by atoms with van der Waals surface area (Å²) in [4.78, 5) is 13.1. The van der Waals surface area contributed by atoms with Gasteiger partial charge in [0.2, 0.25) is 0 Å². The number of carboxylic acid groups (broad SMARTS) is 1. The van der Waals surface area contributed by atoms with Gasteiger partial charge in [0.25, 0.3) is 0 Å². The molecular formula is C14H25NO3. The number of hydrogen-bond acceptors (Lipinski definition) is 3. The van der Waals surface area contributed by atoms with E-state index in [4.69, 9.17) is 9.84 Å². The maximum absolute atomic E-state index is 11.0. The largest absolute Gasteiger partial charge is 0.480 e. The van der Waals surface area contributed by atoms with Gasteiger partial charge in [-0.15, -0.1) is 0 Å². The fourth-order valence-corrected chi connectivity index (χ4v) is 3.12. The topological polar surface area (TPSA) is 49.8 Å². The standard InChI is InChI=1S/C14H25NO3/c16-14(17)13-8-5-9-15(13)10-11-18-12-6-3-1-2-4-7-12/h12-13H,1-11H2,(H,16,17)/t13-/m1/s1. The zero-order chi connectivity index (χ0) is 12.8. The van der Waals surface area contributed by atoms with Crippen molar-refractivity contribution in [2.75, 3.05) is 19.7 Å². The molecule has 1 N–H and O–H groups in total. The maximum Gasteiger partial charge on any atom is 0.320 e. The van der Waals surface area contributed by atoms with E-state index in [9.17, 15) is 4.79 Å². The first-order chi connectivity index (χ1) is 8.77. The quantitative estimate of drug-likeness (QED) is 0.766. The molecule has 0 bridgehead atoms. The average Bonchev–Trinajstić information content (AvgIpc) is 2.66. The van der Waals surface area contributed by atoms with E-state index in [1.54, 1.807) is 0 Å². The molecule has 4 nitrogen and oxygen atoms in total. The Hall–Kier alpha value is -0.610. The van der Waals surface area contributed by atoms with Gasteiger partial charge < -0.3 is 9.84 Å². The molecule has 18 heavy (non-hydrogen) atoms. The number of carbonyl (C=O) groups is 1. The van der Waals surface area contributed by atoms with E-state index in [2.05, 4.69) is 4.90 Å². The Morgan fingerprint density at radius 1 is 1.11 bits per heavy atom. The fourth-order valence-electron chi connectivity index (χ4n) is 3.12. The third-order valence-corrected chi connectivity index (χ3v) is 4.18. The van der Waals surface area contributed by atoms with Crippen LogP contribution in [-0.4, -0.2) is 47.8 Å². The van der Waals surface area contributed by atoms with E-state index in [0.29, 0.717) is 12.7 Å². The predicted octanol–water partition coefficient (Wildman–Crippen LogP) is 2.27. The molecule has 1 atom stereocenters. The molecule has 104 valence electrons. The van der Waals surface area contributed by atoms with Crippen LogP contribution in [0.1, 0.15) is 51.4 Å². The lowest BCUT2D eigenvalue weighted by atomic mass is 10.1. The van der Waals surface area contributed by atoms with Gasteiger partial charge in [0.1, 0.15) is 6.04 Å². The van der Waals surface area contributed by atoms with Crippen LogP contribution in [0.25, 0.3) is 0 Å². The third-order valence-electron chi connectivity index (χ3n) is 4.18. The van der Waals surface area contributed by atoms with Crippen LogP contribution in [0.4, 0.5) is 0 Å². The monoisotopic (exact) mass is 255 g/mol. The van der Waals surface area contributed by atoms with Crippen LogP contribution in [0, 0.1) is 0 Å². The van der Waals surface area contributed by atoms with Gasteiger partial charge >= 0.3 is 5.97 Å². The lowest BCUT2D eigenvalue weighted by Gasteiger charge is -2.22. The van der Waals surface area contributed by atoms with E-state index in [0.717, 1.165) is 25.9 Å². The summed E-state index contributed by atoms with van der Waals surface area (Å²) in [6, 6.07) is -0.275. The molecule has 0 radical (unpaired) electrons. The second-order valence-electron chi connectivity index (χ2n) is 5.52. The molecule has 0 unspecified atom stereocenters. The van der Waals surface area contributed by atoms with Crippen molar-refractivity contribution in [3.63, 3.8) is 0 Å². The van der Waals surface area contributed by atoms with Gasteiger partial charge in [-0.1, -0.05) is 25.7 Å². The Bertz CT molecular complexity index is 262. The summed E-state index contributed by atoms with van der Waals surface area (Å²) in [5.74, 6) is -0.679. The molecule has 2 fully saturated rings. The van der Waals surface area contributed by atoms with Crippen LogP contribution < -0.4 is 0 Å². The molecule has 0 amide bonds. The van der Waals surface area contributed by atoms with E-state index >= 15 is 0 Å². The van der Waals surface area contributed by atoms with Crippen LogP contribution in [0.3, 0.4) is 0 Å². The van der Waals surface area contributed by atoms with Crippen molar-refractivity contribution >= 4 is 5.97 Å². The molecule has 0 aromatic heterocycles. The number of aliphatic carboxylic acids is 1. The number of hydrogen-bond donors (Lipinski definition) is 1. The van der Waals surface area contributed by atoms with Gasteiger partial charge in [-0.05, 0) is 32.2 Å². The van der Waals surface area contributed by atoms with E-state index in [1.807, 2.05) is 0 Å². The second kappa shape index (κ2) is 7.10. The lowest BCUT2D eigenvalue weighted by Crippen LogP contribution is -2.38. The number of likely N-dealkylation sites (tertiary alicyclic amines) is 1. The van der Waals surface area contributed by atoms with Crippen LogP contribution in [-0.2, 0) is 9.53 Å². The number of rotatable bonds is 5. The Morgan fingerprint density at radius 3 is 2.50 bits per heavy atom. The molecular weight excluding hydrogens is 230 g/mol. The van der Waals surface area contributed by atoms with Gasteiger partial charge in [0, 0.05) is 6.54 Å². The predicted molar refractivity (Wildman–Crippen MR) is 69.7 cm³/mol. The van der Waals surface area contributed by atoms with E-state index < -0.39 is 5.97 Å². The minimum absolute atomic E-state index is 0.275. The average molecular weight is 255 g/mol. The van der Waals surface area contributed by atoms with Crippen molar-refractivity contribution < 1.29 is 14.6 Å². The summed E-state index contributed by atoms with van der Waals surface area (Å²) in [6.45, 7) is 2.37. The van der Waals surface area contributed by atoms with Crippen molar-refractivity contribution in [1.29, 1.82) is 0 Å². The maximum atomic E-state index is 11.0. The molecule has 1 aliphatic carbocycles. The zero-order valence-corrected chi connectivity index (χ0v) is 11.1. The first-order valence-corrected chi connectivity index (χ1v) is 7.36. The highest BCUT2D eigenvalue weighted by molar-refractivity contribution is 5.73. The molecule has 2 rings (SSSR count). The molecule has 0 aromatic rings. The van der Waals surface area contributed by atoms with E-state index in [1.165, 1.54) is 38.5 Å². The molecule has 2 aliphatic rings. The summed E-state index contributed by atoms with van der Waals surface area (Å²) in [6.07, 6.45) is 9.82. The SMILES string of the molecule is O=C(O)[C@H]1CCCN1CCOC1CCCCCC1. The summed E-state index contributed by atoms with van der Waals surface area (Å²) < 4.78 is 5.92.